The number of amides is 2. The summed E-state index contributed by atoms with van der Waals surface area (Å²) in [6.07, 6.45) is 0.634. The topological polar surface area (TPSA) is 77.9 Å². The summed E-state index contributed by atoms with van der Waals surface area (Å²) in [6.45, 7) is 2.09. The molecule has 6 nitrogen and oxygen atoms in total. The predicted molar refractivity (Wildman–Crippen MR) is 78.3 cm³/mol. The minimum atomic E-state index is -0.881. The summed E-state index contributed by atoms with van der Waals surface area (Å²) < 4.78 is 0. The molecule has 21 heavy (non-hydrogen) atoms. The van der Waals surface area contributed by atoms with Crippen LogP contribution < -0.4 is 0 Å². The van der Waals surface area contributed by atoms with Gasteiger partial charge in [0, 0.05) is 44.4 Å². The van der Waals surface area contributed by atoms with Crippen LogP contribution in [0.15, 0.2) is 16.8 Å². The van der Waals surface area contributed by atoms with E-state index in [1.165, 1.54) is 11.3 Å². The van der Waals surface area contributed by atoms with Crippen molar-refractivity contribution in [1.82, 2.24) is 9.80 Å². The molecular formula is C14H18N2O4S. The Hall–Kier alpha value is -1.89. The number of carbonyl (C=O) groups is 3. The highest BCUT2D eigenvalue weighted by Gasteiger charge is 2.24. The van der Waals surface area contributed by atoms with Gasteiger partial charge in [0.25, 0.3) is 5.91 Å². The van der Waals surface area contributed by atoms with Crippen LogP contribution in [0, 0.1) is 0 Å². The van der Waals surface area contributed by atoms with Gasteiger partial charge in [0.2, 0.25) is 5.91 Å². The number of rotatable bonds is 5. The van der Waals surface area contributed by atoms with Gasteiger partial charge in [0.05, 0.1) is 5.56 Å². The molecule has 0 unspecified atom stereocenters. The summed E-state index contributed by atoms with van der Waals surface area (Å²) in [7, 11) is 0. The molecule has 0 bridgehead atoms. The van der Waals surface area contributed by atoms with Crippen molar-refractivity contribution in [3.63, 3.8) is 0 Å². The van der Waals surface area contributed by atoms with Crippen LogP contribution in [0.3, 0.4) is 0 Å². The normalized spacial score (nSPS) is 15.0. The van der Waals surface area contributed by atoms with Gasteiger partial charge in [-0.1, -0.05) is 0 Å². The van der Waals surface area contributed by atoms with Crippen LogP contribution in [-0.4, -0.2) is 58.9 Å². The van der Waals surface area contributed by atoms with E-state index in [1.54, 1.807) is 15.9 Å². The first-order valence-electron chi connectivity index (χ1n) is 6.89. The lowest BCUT2D eigenvalue weighted by Crippen LogP contribution is -2.50. The van der Waals surface area contributed by atoms with Crippen LogP contribution in [0.25, 0.3) is 0 Å². The van der Waals surface area contributed by atoms with E-state index in [0.717, 1.165) is 0 Å². The fraction of sp³-hybridized carbons (Fsp3) is 0.500. The molecular weight excluding hydrogens is 292 g/mol. The number of nitrogens with zero attached hydrogens (tertiary/aromatic N) is 2. The number of aliphatic carboxylic acids is 1. The highest BCUT2D eigenvalue weighted by atomic mass is 32.1. The van der Waals surface area contributed by atoms with Crippen LogP contribution in [0.2, 0.25) is 0 Å². The molecule has 2 rings (SSSR count). The quantitative estimate of drug-likeness (QED) is 0.889. The lowest BCUT2D eigenvalue weighted by Gasteiger charge is -2.34. The summed E-state index contributed by atoms with van der Waals surface area (Å²) >= 11 is 1.49. The molecule has 0 radical (unpaired) electrons. The Morgan fingerprint density at radius 1 is 1.10 bits per heavy atom. The van der Waals surface area contributed by atoms with Crippen molar-refractivity contribution in [2.75, 3.05) is 26.2 Å². The zero-order chi connectivity index (χ0) is 15.2. The minimum absolute atomic E-state index is 0.00854. The van der Waals surface area contributed by atoms with E-state index in [2.05, 4.69) is 0 Å². The molecule has 1 aromatic heterocycles. The third-order valence-corrected chi connectivity index (χ3v) is 4.15. The fourth-order valence-electron chi connectivity index (χ4n) is 2.28. The molecule has 1 aliphatic rings. The van der Waals surface area contributed by atoms with E-state index in [4.69, 9.17) is 5.11 Å². The lowest BCUT2D eigenvalue weighted by atomic mass is 10.2. The number of carboxylic acid groups (broad SMARTS) is 1. The maximum atomic E-state index is 12.1. The van der Waals surface area contributed by atoms with Crippen molar-refractivity contribution in [2.45, 2.75) is 19.3 Å². The molecule has 114 valence electrons. The molecule has 1 N–H and O–H groups in total. The molecule has 1 fully saturated rings. The summed E-state index contributed by atoms with van der Waals surface area (Å²) in [5.41, 5.74) is 0.696. The second-order valence-electron chi connectivity index (χ2n) is 4.93. The molecule has 2 heterocycles. The molecule has 0 atom stereocenters. The third-order valence-electron chi connectivity index (χ3n) is 3.47. The average Bonchev–Trinajstić information content (AvgIpc) is 3.00. The van der Waals surface area contributed by atoms with Crippen molar-refractivity contribution >= 4 is 29.1 Å². The van der Waals surface area contributed by atoms with Crippen molar-refractivity contribution < 1.29 is 19.5 Å². The lowest BCUT2D eigenvalue weighted by molar-refractivity contribution is -0.137. The van der Waals surface area contributed by atoms with E-state index in [-0.39, 0.29) is 24.7 Å². The maximum absolute atomic E-state index is 12.1. The molecule has 0 aliphatic carbocycles. The Balaban J connectivity index is 1.76. The second kappa shape index (κ2) is 7.21. The standard InChI is InChI=1S/C14H18N2O4S/c17-12(2-1-3-13(18)19)15-5-7-16(8-6-15)14(20)11-4-9-21-10-11/h4,9-10H,1-3,5-8H2,(H,18,19). The largest absolute Gasteiger partial charge is 0.481 e. The zero-order valence-corrected chi connectivity index (χ0v) is 12.5. The van der Waals surface area contributed by atoms with Gasteiger partial charge < -0.3 is 14.9 Å². The van der Waals surface area contributed by atoms with Crippen LogP contribution in [0.4, 0.5) is 0 Å². The minimum Gasteiger partial charge on any atom is -0.481 e. The van der Waals surface area contributed by atoms with Gasteiger partial charge >= 0.3 is 5.97 Å². The highest BCUT2D eigenvalue weighted by Crippen LogP contribution is 2.13. The molecule has 0 aromatic carbocycles. The first-order valence-corrected chi connectivity index (χ1v) is 7.83. The van der Waals surface area contributed by atoms with Gasteiger partial charge in [0.15, 0.2) is 0 Å². The SMILES string of the molecule is O=C(O)CCCC(=O)N1CCN(C(=O)c2ccsc2)CC1. The second-order valence-corrected chi connectivity index (χ2v) is 5.71. The van der Waals surface area contributed by atoms with Gasteiger partial charge in [-0.05, 0) is 17.9 Å². The smallest absolute Gasteiger partial charge is 0.303 e. The Kier molecular flexibility index (Phi) is 5.32. The Morgan fingerprint density at radius 2 is 1.76 bits per heavy atom. The van der Waals surface area contributed by atoms with E-state index >= 15 is 0 Å². The predicted octanol–water partition coefficient (Wildman–Crippen LogP) is 1.29. The zero-order valence-electron chi connectivity index (χ0n) is 11.7. The summed E-state index contributed by atoms with van der Waals surface area (Å²) in [4.78, 5) is 37.9. The molecule has 2 amide bonds. The van der Waals surface area contributed by atoms with Gasteiger partial charge in [-0.15, -0.1) is 0 Å². The van der Waals surface area contributed by atoms with Crippen molar-refractivity contribution in [1.29, 1.82) is 0 Å². The summed E-state index contributed by atoms with van der Waals surface area (Å²) in [5.74, 6) is -0.901. The summed E-state index contributed by atoms with van der Waals surface area (Å²) in [6, 6.07) is 1.80. The monoisotopic (exact) mass is 310 g/mol. The van der Waals surface area contributed by atoms with E-state index in [1.807, 2.05) is 10.8 Å². The number of carboxylic acids is 1. The molecule has 7 heteroatoms. The molecule has 1 aliphatic heterocycles. The number of hydrogen-bond acceptors (Lipinski definition) is 4. The molecule has 0 saturated carbocycles. The average molecular weight is 310 g/mol. The molecule has 1 aromatic rings. The van der Waals surface area contributed by atoms with Crippen LogP contribution >= 0.6 is 11.3 Å². The number of thiophene rings is 1. The number of carbonyl (C=O) groups excluding carboxylic acids is 2. The first kappa shape index (κ1) is 15.5. The third kappa shape index (κ3) is 4.29. The van der Waals surface area contributed by atoms with Crippen molar-refractivity contribution in [3.8, 4) is 0 Å². The van der Waals surface area contributed by atoms with Gasteiger partial charge in [-0.25, -0.2) is 0 Å². The van der Waals surface area contributed by atoms with Gasteiger partial charge in [-0.2, -0.15) is 11.3 Å². The number of piperazine rings is 1. The molecule has 0 spiro atoms. The van der Waals surface area contributed by atoms with Crippen molar-refractivity contribution in [3.05, 3.63) is 22.4 Å². The fourth-order valence-corrected chi connectivity index (χ4v) is 2.91. The Morgan fingerprint density at radius 3 is 2.33 bits per heavy atom. The van der Waals surface area contributed by atoms with Crippen molar-refractivity contribution in [2.24, 2.45) is 0 Å². The Bertz CT molecular complexity index is 507. The van der Waals surface area contributed by atoms with Gasteiger partial charge in [0.1, 0.15) is 0 Å². The molecule has 1 saturated heterocycles. The van der Waals surface area contributed by atoms with Crippen LogP contribution in [0.1, 0.15) is 29.6 Å². The summed E-state index contributed by atoms with van der Waals surface area (Å²) in [5, 5.41) is 12.3. The first-order chi connectivity index (χ1) is 10.1. The van der Waals surface area contributed by atoms with Crippen LogP contribution in [0.5, 0.6) is 0 Å². The van der Waals surface area contributed by atoms with E-state index in [0.29, 0.717) is 38.2 Å². The Labute approximate surface area is 127 Å². The number of hydrogen-bond donors (Lipinski definition) is 1. The van der Waals surface area contributed by atoms with E-state index < -0.39 is 5.97 Å². The van der Waals surface area contributed by atoms with Crippen LogP contribution in [-0.2, 0) is 9.59 Å². The van der Waals surface area contributed by atoms with E-state index in [9.17, 15) is 14.4 Å². The van der Waals surface area contributed by atoms with Gasteiger partial charge in [-0.3, -0.25) is 14.4 Å². The maximum Gasteiger partial charge on any atom is 0.303 e. The highest BCUT2D eigenvalue weighted by molar-refractivity contribution is 7.08.